The molecule has 0 aliphatic heterocycles. The Labute approximate surface area is 122 Å². The number of fused-ring (bicyclic) bond motifs is 3. The first-order valence-corrected chi connectivity index (χ1v) is 6.72. The van der Waals surface area contributed by atoms with Crippen molar-refractivity contribution in [2.45, 2.75) is 0 Å². The maximum absolute atomic E-state index is 11.4. The standard InChI is InChI=1S/C13H11N3O4S/c1-19-5-2-3-7-6(4-5)9-11(21-7)8(16-13(15)18)10(20-9)12(14)17/h2-4H,1H3,(H2,14,17)(H3,15,16,18). The van der Waals surface area contributed by atoms with Crippen LogP contribution >= 0.6 is 11.3 Å². The SMILES string of the molecule is COc1ccc2sc3c(NC(N)=O)c(C(N)=O)oc3c2c1. The molecule has 21 heavy (non-hydrogen) atoms. The van der Waals surface area contributed by atoms with Gasteiger partial charge in [0, 0.05) is 10.1 Å². The zero-order valence-electron chi connectivity index (χ0n) is 10.9. The predicted molar refractivity (Wildman–Crippen MR) is 79.9 cm³/mol. The number of thiophene rings is 1. The lowest BCUT2D eigenvalue weighted by atomic mass is 10.2. The summed E-state index contributed by atoms with van der Waals surface area (Å²) in [6.07, 6.45) is 0. The van der Waals surface area contributed by atoms with Gasteiger partial charge in [-0.15, -0.1) is 11.3 Å². The highest BCUT2D eigenvalue weighted by Crippen LogP contribution is 2.43. The van der Waals surface area contributed by atoms with Crippen molar-refractivity contribution in [3.05, 3.63) is 24.0 Å². The Bertz CT molecular complexity index is 880. The molecule has 0 atom stereocenters. The second-order valence-electron chi connectivity index (χ2n) is 4.28. The number of carbonyl (C=O) groups is 2. The first kappa shape index (κ1) is 13.3. The summed E-state index contributed by atoms with van der Waals surface area (Å²) >= 11 is 1.36. The van der Waals surface area contributed by atoms with E-state index in [0.29, 0.717) is 16.0 Å². The molecular weight excluding hydrogens is 294 g/mol. The zero-order valence-corrected chi connectivity index (χ0v) is 11.7. The summed E-state index contributed by atoms with van der Waals surface area (Å²) in [5.41, 5.74) is 11.1. The van der Waals surface area contributed by atoms with E-state index >= 15 is 0 Å². The van der Waals surface area contributed by atoms with Crippen molar-refractivity contribution in [1.29, 1.82) is 0 Å². The second kappa shape index (κ2) is 4.67. The summed E-state index contributed by atoms with van der Waals surface area (Å²) in [6, 6.07) is 4.67. The lowest BCUT2D eigenvalue weighted by Gasteiger charge is -1.99. The Morgan fingerprint density at radius 3 is 2.71 bits per heavy atom. The third-order valence-electron chi connectivity index (χ3n) is 2.98. The zero-order chi connectivity index (χ0) is 15.1. The van der Waals surface area contributed by atoms with E-state index < -0.39 is 11.9 Å². The number of amides is 3. The number of hydrogen-bond acceptors (Lipinski definition) is 5. The van der Waals surface area contributed by atoms with Gasteiger partial charge < -0.3 is 25.9 Å². The van der Waals surface area contributed by atoms with E-state index in [-0.39, 0.29) is 11.4 Å². The number of methoxy groups -OCH3 is 1. The van der Waals surface area contributed by atoms with Crippen LogP contribution in [0.5, 0.6) is 5.75 Å². The van der Waals surface area contributed by atoms with E-state index in [0.717, 1.165) is 10.1 Å². The molecule has 0 bridgehead atoms. The van der Waals surface area contributed by atoms with Gasteiger partial charge in [0.2, 0.25) is 5.76 Å². The average molecular weight is 305 g/mol. The number of anilines is 1. The molecular formula is C13H11N3O4S. The van der Waals surface area contributed by atoms with Gasteiger partial charge in [-0.1, -0.05) is 0 Å². The minimum absolute atomic E-state index is 0.125. The fourth-order valence-corrected chi connectivity index (χ4v) is 3.22. The summed E-state index contributed by atoms with van der Waals surface area (Å²) in [6.45, 7) is 0. The van der Waals surface area contributed by atoms with Crippen LogP contribution in [0.25, 0.3) is 20.4 Å². The maximum Gasteiger partial charge on any atom is 0.316 e. The van der Waals surface area contributed by atoms with Crippen LogP contribution in [0.1, 0.15) is 10.6 Å². The number of carbonyl (C=O) groups excluding carboxylic acids is 2. The molecule has 3 aromatic rings. The molecule has 2 heterocycles. The van der Waals surface area contributed by atoms with Crippen LogP contribution in [-0.2, 0) is 0 Å². The fraction of sp³-hybridized carbons (Fsp3) is 0.0769. The van der Waals surface area contributed by atoms with E-state index in [4.69, 9.17) is 20.6 Å². The molecule has 0 saturated carbocycles. The molecule has 1 aromatic carbocycles. The number of nitrogens with one attached hydrogen (secondary N) is 1. The van der Waals surface area contributed by atoms with Gasteiger partial charge in [0.1, 0.15) is 11.4 Å². The lowest BCUT2D eigenvalue weighted by Crippen LogP contribution is -2.21. The normalized spacial score (nSPS) is 10.9. The summed E-state index contributed by atoms with van der Waals surface area (Å²) in [4.78, 5) is 22.5. The number of nitrogens with two attached hydrogens (primary N) is 2. The molecule has 7 nitrogen and oxygen atoms in total. The summed E-state index contributed by atoms with van der Waals surface area (Å²) in [5.74, 6) is -0.249. The molecule has 0 aliphatic rings. The minimum atomic E-state index is -0.796. The minimum Gasteiger partial charge on any atom is -0.497 e. The second-order valence-corrected chi connectivity index (χ2v) is 5.33. The molecule has 0 fully saturated rings. The number of primary amides is 2. The molecule has 108 valence electrons. The Hall–Kier alpha value is -2.74. The van der Waals surface area contributed by atoms with Crippen molar-refractivity contribution in [3.8, 4) is 5.75 Å². The van der Waals surface area contributed by atoms with E-state index in [9.17, 15) is 9.59 Å². The number of rotatable bonds is 3. The quantitative estimate of drug-likeness (QED) is 0.687. The first-order valence-electron chi connectivity index (χ1n) is 5.90. The Balaban J connectivity index is 2.34. The van der Waals surface area contributed by atoms with Crippen molar-refractivity contribution in [1.82, 2.24) is 0 Å². The van der Waals surface area contributed by atoms with Gasteiger partial charge >= 0.3 is 6.03 Å². The van der Waals surface area contributed by atoms with Crippen LogP contribution in [0.4, 0.5) is 10.5 Å². The number of ether oxygens (including phenoxy) is 1. The van der Waals surface area contributed by atoms with E-state index in [1.165, 1.54) is 11.3 Å². The third kappa shape index (κ3) is 2.05. The summed E-state index contributed by atoms with van der Waals surface area (Å²) in [7, 11) is 1.56. The largest absolute Gasteiger partial charge is 0.497 e. The molecule has 3 rings (SSSR count). The molecule has 0 unspecified atom stereocenters. The highest BCUT2D eigenvalue weighted by atomic mass is 32.1. The van der Waals surface area contributed by atoms with Gasteiger partial charge in [-0.25, -0.2) is 4.79 Å². The van der Waals surface area contributed by atoms with Gasteiger partial charge in [0.25, 0.3) is 5.91 Å². The summed E-state index contributed by atoms with van der Waals surface area (Å²) < 4.78 is 12.2. The predicted octanol–water partition coefficient (Wildman–Crippen LogP) is 2.25. The van der Waals surface area contributed by atoms with Crippen molar-refractivity contribution in [3.63, 3.8) is 0 Å². The van der Waals surface area contributed by atoms with Gasteiger partial charge in [0.15, 0.2) is 5.58 Å². The number of hydrogen-bond donors (Lipinski definition) is 3. The van der Waals surface area contributed by atoms with Crippen LogP contribution in [0, 0.1) is 0 Å². The van der Waals surface area contributed by atoms with Crippen LogP contribution in [0.15, 0.2) is 22.6 Å². The molecule has 0 radical (unpaired) electrons. The Kier molecular flexibility index (Phi) is 2.95. The van der Waals surface area contributed by atoms with E-state index in [1.54, 1.807) is 13.2 Å². The van der Waals surface area contributed by atoms with E-state index in [2.05, 4.69) is 5.32 Å². The average Bonchev–Trinajstić information content (AvgIpc) is 2.95. The van der Waals surface area contributed by atoms with Gasteiger partial charge in [-0.3, -0.25) is 4.79 Å². The van der Waals surface area contributed by atoms with Crippen molar-refractivity contribution in [2.75, 3.05) is 12.4 Å². The van der Waals surface area contributed by atoms with Crippen LogP contribution in [0.2, 0.25) is 0 Å². The molecule has 0 aliphatic carbocycles. The van der Waals surface area contributed by atoms with Crippen LogP contribution in [0.3, 0.4) is 0 Å². The highest BCUT2D eigenvalue weighted by molar-refractivity contribution is 7.26. The molecule has 3 amide bonds. The van der Waals surface area contributed by atoms with Gasteiger partial charge in [-0.2, -0.15) is 0 Å². The topological polar surface area (TPSA) is 121 Å². The molecule has 0 spiro atoms. The highest BCUT2D eigenvalue weighted by Gasteiger charge is 2.23. The number of urea groups is 1. The fourth-order valence-electron chi connectivity index (χ4n) is 2.11. The third-order valence-corrected chi connectivity index (χ3v) is 4.15. The Morgan fingerprint density at radius 2 is 2.10 bits per heavy atom. The van der Waals surface area contributed by atoms with Crippen LogP contribution in [-0.4, -0.2) is 19.0 Å². The molecule has 0 saturated heterocycles. The molecule has 2 aromatic heterocycles. The lowest BCUT2D eigenvalue weighted by molar-refractivity contribution is 0.0977. The Morgan fingerprint density at radius 1 is 1.33 bits per heavy atom. The van der Waals surface area contributed by atoms with Crippen molar-refractivity contribution >= 4 is 49.3 Å². The van der Waals surface area contributed by atoms with Gasteiger partial charge in [-0.05, 0) is 18.2 Å². The monoisotopic (exact) mass is 305 g/mol. The van der Waals surface area contributed by atoms with E-state index in [1.807, 2.05) is 12.1 Å². The first-order chi connectivity index (χ1) is 10.0. The smallest absolute Gasteiger partial charge is 0.316 e. The molecule has 5 N–H and O–H groups in total. The summed E-state index contributed by atoms with van der Waals surface area (Å²) in [5, 5.41) is 3.16. The number of furan rings is 1. The van der Waals surface area contributed by atoms with Crippen molar-refractivity contribution in [2.24, 2.45) is 11.5 Å². The molecule has 8 heteroatoms. The number of benzene rings is 1. The maximum atomic E-state index is 11.4. The van der Waals surface area contributed by atoms with Crippen LogP contribution < -0.4 is 21.5 Å². The van der Waals surface area contributed by atoms with Crippen molar-refractivity contribution < 1.29 is 18.7 Å². The van der Waals surface area contributed by atoms with Gasteiger partial charge in [0.05, 0.1) is 11.8 Å².